The first-order valence-corrected chi connectivity index (χ1v) is 13.4. The number of nitrogen functional groups attached to an aromatic ring is 1. The van der Waals surface area contributed by atoms with Crippen LogP contribution in [0.3, 0.4) is 0 Å². The second-order valence-corrected chi connectivity index (χ2v) is 14.5. The Kier molecular flexibility index (Phi) is 6.02. The van der Waals surface area contributed by atoms with E-state index in [0.29, 0.717) is 23.6 Å². The molecule has 0 saturated heterocycles. The SMILES string of the molecule is COc1cc(C(=O)N2c3ccccc3C[C@H]2CO[Si](C)(C)C(C)(C)C)c(N)cc1C. The Bertz CT molecular complexity index is 950. The van der Waals surface area contributed by atoms with Gasteiger partial charge in [0.2, 0.25) is 0 Å². The minimum absolute atomic E-state index is 0.0595. The van der Waals surface area contributed by atoms with Gasteiger partial charge in [-0.2, -0.15) is 0 Å². The van der Waals surface area contributed by atoms with Crippen LogP contribution in [0.5, 0.6) is 5.75 Å². The summed E-state index contributed by atoms with van der Waals surface area (Å²) >= 11 is 0. The highest BCUT2D eigenvalue weighted by molar-refractivity contribution is 6.74. The third-order valence-electron chi connectivity index (χ3n) is 6.53. The van der Waals surface area contributed by atoms with Crippen molar-refractivity contribution in [2.24, 2.45) is 0 Å². The maximum Gasteiger partial charge on any atom is 0.260 e. The number of benzene rings is 2. The Morgan fingerprint density at radius 3 is 2.53 bits per heavy atom. The summed E-state index contributed by atoms with van der Waals surface area (Å²) in [6, 6.07) is 11.6. The molecule has 3 rings (SSSR count). The van der Waals surface area contributed by atoms with Gasteiger partial charge in [-0.25, -0.2) is 0 Å². The number of carbonyl (C=O) groups excluding carboxylic acids is 1. The van der Waals surface area contributed by atoms with Crippen molar-refractivity contribution in [3.8, 4) is 5.75 Å². The minimum Gasteiger partial charge on any atom is -0.496 e. The number of rotatable bonds is 5. The van der Waals surface area contributed by atoms with E-state index in [9.17, 15) is 4.79 Å². The average Bonchev–Trinajstić information content (AvgIpc) is 3.03. The van der Waals surface area contributed by atoms with Gasteiger partial charge in [-0.1, -0.05) is 39.0 Å². The molecule has 2 aromatic carbocycles. The number of para-hydroxylation sites is 1. The summed E-state index contributed by atoms with van der Waals surface area (Å²) < 4.78 is 11.9. The van der Waals surface area contributed by atoms with Crippen LogP contribution in [0, 0.1) is 6.92 Å². The van der Waals surface area contributed by atoms with Crippen LogP contribution in [0.1, 0.15) is 42.3 Å². The van der Waals surface area contributed by atoms with Gasteiger partial charge in [-0.05, 0) is 60.8 Å². The van der Waals surface area contributed by atoms with Gasteiger partial charge in [0.25, 0.3) is 5.91 Å². The van der Waals surface area contributed by atoms with Crippen molar-refractivity contribution in [2.45, 2.75) is 58.3 Å². The fourth-order valence-electron chi connectivity index (χ4n) is 3.64. The first-order valence-electron chi connectivity index (χ1n) is 10.5. The van der Waals surface area contributed by atoms with Crippen molar-refractivity contribution in [1.82, 2.24) is 0 Å². The fraction of sp³-hybridized carbons (Fsp3) is 0.458. The van der Waals surface area contributed by atoms with Gasteiger partial charge < -0.3 is 19.8 Å². The molecule has 2 aromatic rings. The molecular formula is C24H34N2O3Si. The number of ether oxygens (including phenoxy) is 1. The van der Waals surface area contributed by atoms with E-state index in [-0.39, 0.29) is 17.0 Å². The number of hydrogen-bond acceptors (Lipinski definition) is 4. The predicted molar refractivity (Wildman–Crippen MR) is 126 cm³/mol. The van der Waals surface area contributed by atoms with Crippen molar-refractivity contribution >= 4 is 25.6 Å². The van der Waals surface area contributed by atoms with E-state index >= 15 is 0 Å². The Balaban J connectivity index is 1.96. The molecule has 0 saturated carbocycles. The lowest BCUT2D eigenvalue weighted by atomic mass is 10.1. The van der Waals surface area contributed by atoms with E-state index in [4.69, 9.17) is 14.9 Å². The highest BCUT2D eigenvalue weighted by Gasteiger charge is 2.40. The zero-order valence-corrected chi connectivity index (χ0v) is 20.2. The molecule has 0 aromatic heterocycles. The molecule has 0 fully saturated rings. The number of amides is 1. The van der Waals surface area contributed by atoms with Gasteiger partial charge in [-0.3, -0.25) is 4.79 Å². The topological polar surface area (TPSA) is 64.8 Å². The van der Waals surface area contributed by atoms with Crippen LogP contribution in [0.4, 0.5) is 11.4 Å². The molecule has 1 atom stereocenters. The Morgan fingerprint density at radius 1 is 1.23 bits per heavy atom. The summed E-state index contributed by atoms with van der Waals surface area (Å²) in [5.74, 6) is 0.550. The number of methoxy groups -OCH3 is 1. The fourth-order valence-corrected chi connectivity index (χ4v) is 4.68. The molecule has 0 aliphatic carbocycles. The summed E-state index contributed by atoms with van der Waals surface area (Å²) in [6.07, 6.45) is 0.777. The number of nitrogens with two attached hydrogens (primary N) is 1. The van der Waals surface area contributed by atoms with Crippen LogP contribution in [0.25, 0.3) is 0 Å². The lowest BCUT2D eigenvalue weighted by Gasteiger charge is -2.38. The van der Waals surface area contributed by atoms with Crippen molar-refractivity contribution in [1.29, 1.82) is 0 Å². The molecule has 0 bridgehead atoms. The van der Waals surface area contributed by atoms with E-state index in [1.165, 1.54) is 0 Å². The molecule has 0 unspecified atom stereocenters. The van der Waals surface area contributed by atoms with Crippen molar-refractivity contribution < 1.29 is 14.0 Å². The zero-order chi connectivity index (χ0) is 22.3. The van der Waals surface area contributed by atoms with Gasteiger partial charge in [0.1, 0.15) is 5.75 Å². The molecule has 2 N–H and O–H groups in total. The van der Waals surface area contributed by atoms with Gasteiger partial charge in [0, 0.05) is 11.4 Å². The molecule has 6 heteroatoms. The quantitative estimate of drug-likeness (QED) is 0.528. The monoisotopic (exact) mass is 426 g/mol. The van der Waals surface area contributed by atoms with Gasteiger partial charge in [-0.15, -0.1) is 0 Å². The first-order chi connectivity index (χ1) is 14.0. The van der Waals surface area contributed by atoms with Crippen LogP contribution in [0.2, 0.25) is 18.1 Å². The normalized spacial score (nSPS) is 16.5. The molecule has 1 heterocycles. The summed E-state index contributed by atoms with van der Waals surface area (Å²) in [5.41, 5.74) is 10.2. The number of nitrogens with zero attached hydrogens (tertiary/aromatic N) is 1. The van der Waals surface area contributed by atoms with Crippen molar-refractivity contribution in [2.75, 3.05) is 24.4 Å². The molecule has 0 radical (unpaired) electrons. The lowest BCUT2D eigenvalue weighted by molar-refractivity contribution is 0.0970. The van der Waals surface area contributed by atoms with Crippen molar-refractivity contribution in [3.05, 3.63) is 53.1 Å². The maximum absolute atomic E-state index is 13.7. The van der Waals surface area contributed by atoms with E-state index in [2.05, 4.69) is 39.9 Å². The van der Waals surface area contributed by atoms with Crippen LogP contribution in [-0.4, -0.2) is 34.0 Å². The molecule has 1 aliphatic heterocycles. The van der Waals surface area contributed by atoms with E-state index in [1.54, 1.807) is 19.2 Å². The highest BCUT2D eigenvalue weighted by Crippen LogP contribution is 2.39. The third-order valence-corrected chi connectivity index (χ3v) is 11.0. The van der Waals surface area contributed by atoms with Gasteiger partial charge >= 0.3 is 0 Å². The molecule has 5 nitrogen and oxygen atoms in total. The number of carbonyl (C=O) groups is 1. The first kappa shape index (κ1) is 22.4. The third kappa shape index (κ3) is 4.11. The maximum atomic E-state index is 13.7. The minimum atomic E-state index is -1.94. The van der Waals surface area contributed by atoms with Crippen LogP contribution in [0.15, 0.2) is 36.4 Å². The molecule has 1 aliphatic rings. The summed E-state index contributed by atoms with van der Waals surface area (Å²) in [5, 5.41) is 0.113. The number of aryl methyl sites for hydroxylation is 1. The smallest absolute Gasteiger partial charge is 0.260 e. The molecular weight excluding hydrogens is 392 g/mol. The second kappa shape index (κ2) is 8.08. The lowest BCUT2D eigenvalue weighted by Crippen LogP contribution is -2.47. The number of hydrogen-bond donors (Lipinski definition) is 1. The summed E-state index contributed by atoms with van der Waals surface area (Å²) in [4.78, 5) is 15.6. The van der Waals surface area contributed by atoms with Crippen molar-refractivity contribution in [3.63, 3.8) is 0 Å². The number of fused-ring (bicyclic) bond motifs is 1. The molecule has 0 spiro atoms. The number of anilines is 2. The molecule has 30 heavy (non-hydrogen) atoms. The largest absolute Gasteiger partial charge is 0.496 e. The van der Waals surface area contributed by atoms with E-state index in [0.717, 1.165) is 23.2 Å². The van der Waals surface area contributed by atoms with E-state index in [1.807, 2.05) is 30.0 Å². The second-order valence-electron chi connectivity index (χ2n) is 9.64. The Morgan fingerprint density at radius 2 is 1.90 bits per heavy atom. The molecule has 1 amide bonds. The Labute approximate surface area is 181 Å². The average molecular weight is 427 g/mol. The predicted octanol–water partition coefficient (Wildman–Crippen LogP) is 5.18. The Hall–Kier alpha value is -2.31. The van der Waals surface area contributed by atoms with E-state index < -0.39 is 8.32 Å². The van der Waals surface area contributed by atoms with Crippen LogP contribution < -0.4 is 15.4 Å². The summed E-state index contributed by atoms with van der Waals surface area (Å²) in [6.45, 7) is 13.6. The summed E-state index contributed by atoms with van der Waals surface area (Å²) in [7, 11) is -0.330. The highest BCUT2D eigenvalue weighted by atomic mass is 28.4. The van der Waals surface area contributed by atoms with Gasteiger partial charge in [0.15, 0.2) is 8.32 Å². The zero-order valence-electron chi connectivity index (χ0n) is 19.2. The van der Waals surface area contributed by atoms with Gasteiger partial charge in [0.05, 0.1) is 25.3 Å². The standard InChI is InChI=1S/C24H34N2O3Si/c1-16-12-20(25)19(14-22(16)28-5)23(27)26-18(13-17-10-8-9-11-21(17)26)15-29-30(6,7)24(2,3)4/h8-12,14,18H,13,15,25H2,1-7H3/t18-/m0/s1. The molecule has 162 valence electrons. The van der Waals surface area contributed by atoms with Crippen LogP contribution in [-0.2, 0) is 10.8 Å². The van der Waals surface area contributed by atoms with Crippen LogP contribution >= 0.6 is 0 Å².